The molecule has 1 amide bonds. The van der Waals surface area contributed by atoms with E-state index in [1.807, 2.05) is 0 Å². The number of halogens is 1. The molecule has 1 aromatic rings. The molecule has 0 aliphatic rings. The minimum absolute atomic E-state index is 0.0337. The van der Waals surface area contributed by atoms with Gasteiger partial charge in [-0.25, -0.2) is 4.98 Å². The summed E-state index contributed by atoms with van der Waals surface area (Å²) in [6.45, 7) is 0.763. The van der Waals surface area contributed by atoms with Gasteiger partial charge < -0.3 is 16.0 Å². The zero-order valence-electron chi connectivity index (χ0n) is 11.2. The highest BCUT2D eigenvalue weighted by Gasteiger charge is 2.16. The molecule has 20 heavy (non-hydrogen) atoms. The molecule has 0 aliphatic carbocycles. The number of nitrogens with zero attached hydrogens (tertiary/aromatic N) is 2. The number of nitrogens with one attached hydrogen (secondary N) is 2. The van der Waals surface area contributed by atoms with E-state index < -0.39 is 5.56 Å². The lowest BCUT2D eigenvalue weighted by atomic mass is 10.3. The Morgan fingerprint density at radius 2 is 2.30 bits per heavy atom. The molecule has 0 radical (unpaired) electrons. The number of aromatic amines is 1. The maximum absolute atomic E-state index is 12.0. The van der Waals surface area contributed by atoms with Gasteiger partial charge in [0.15, 0.2) is 0 Å². The topological polar surface area (TPSA) is 104 Å². The van der Waals surface area contributed by atoms with Crippen LogP contribution in [-0.4, -0.2) is 47.4 Å². The van der Waals surface area contributed by atoms with Crippen LogP contribution in [0.1, 0.15) is 5.69 Å². The van der Waals surface area contributed by atoms with Crippen molar-refractivity contribution in [2.45, 2.75) is 6.54 Å². The van der Waals surface area contributed by atoms with E-state index in [0.717, 1.165) is 5.75 Å². The highest BCUT2D eigenvalue weighted by atomic mass is 35.5. The number of nitrogen functional groups attached to an aromatic ring is 1. The average Bonchev–Trinajstić information content (AvgIpc) is 2.40. The molecule has 0 saturated heterocycles. The summed E-state index contributed by atoms with van der Waals surface area (Å²) in [4.78, 5) is 31.0. The molecule has 0 atom stereocenters. The second-order valence-electron chi connectivity index (χ2n) is 3.88. The number of carbonyl (C=O) groups is 1. The van der Waals surface area contributed by atoms with Crippen LogP contribution in [0.2, 0.25) is 0 Å². The van der Waals surface area contributed by atoms with E-state index in [1.54, 1.807) is 18.8 Å². The molecule has 0 saturated carbocycles. The number of rotatable bonds is 9. The maximum atomic E-state index is 12.0. The van der Waals surface area contributed by atoms with E-state index in [1.165, 1.54) is 4.90 Å². The van der Waals surface area contributed by atoms with Crippen molar-refractivity contribution in [3.63, 3.8) is 0 Å². The summed E-state index contributed by atoms with van der Waals surface area (Å²) >= 11 is 7.20. The third kappa shape index (κ3) is 4.69. The summed E-state index contributed by atoms with van der Waals surface area (Å²) in [5.41, 5.74) is 5.78. The van der Waals surface area contributed by atoms with Crippen LogP contribution in [0.25, 0.3) is 0 Å². The summed E-state index contributed by atoms with van der Waals surface area (Å²) in [6.07, 6.45) is 0.628. The van der Waals surface area contributed by atoms with E-state index >= 15 is 0 Å². The van der Waals surface area contributed by atoms with Gasteiger partial charge in [-0.3, -0.25) is 14.6 Å². The van der Waals surface area contributed by atoms with Gasteiger partial charge in [-0.15, -0.1) is 11.6 Å². The van der Waals surface area contributed by atoms with Crippen LogP contribution in [0.5, 0.6) is 0 Å². The first kappa shape index (κ1) is 16.8. The molecular weight excluding hydrogens is 302 g/mol. The van der Waals surface area contributed by atoms with Crippen molar-refractivity contribution in [1.82, 2.24) is 15.3 Å². The second-order valence-corrected chi connectivity index (χ2v) is 5.48. The molecule has 4 N–H and O–H groups in total. The standard InChI is InChI=1S/C11H18ClN5O2S/c1-14-6-8-9(10(19)16-11(13)15-8)17(7-18)3-5-20-4-2-12/h7,14H,2-6H2,1H3,(H3,13,15,16,19). The van der Waals surface area contributed by atoms with Gasteiger partial charge in [-0.1, -0.05) is 0 Å². The van der Waals surface area contributed by atoms with Crippen LogP contribution in [0.4, 0.5) is 11.6 Å². The van der Waals surface area contributed by atoms with Crippen molar-refractivity contribution < 1.29 is 4.79 Å². The fraction of sp³-hybridized carbons (Fsp3) is 0.545. The van der Waals surface area contributed by atoms with E-state index in [4.69, 9.17) is 17.3 Å². The minimum Gasteiger partial charge on any atom is -0.369 e. The Labute approximate surface area is 126 Å². The smallest absolute Gasteiger partial charge is 0.276 e. The zero-order chi connectivity index (χ0) is 15.0. The van der Waals surface area contributed by atoms with Crippen molar-refractivity contribution in [3.8, 4) is 0 Å². The Kier molecular flexibility index (Phi) is 7.42. The van der Waals surface area contributed by atoms with Crippen LogP contribution in [0.15, 0.2) is 4.79 Å². The van der Waals surface area contributed by atoms with Crippen LogP contribution >= 0.6 is 23.4 Å². The number of anilines is 2. The van der Waals surface area contributed by atoms with Crippen LogP contribution in [-0.2, 0) is 11.3 Å². The average molecular weight is 320 g/mol. The molecule has 7 nitrogen and oxygen atoms in total. The predicted molar refractivity (Wildman–Crippen MR) is 83.5 cm³/mol. The molecule has 9 heteroatoms. The van der Waals surface area contributed by atoms with E-state index in [-0.39, 0.29) is 11.6 Å². The lowest BCUT2D eigenvalue weighted by Gasteiger charge is -2.19. The third-order valence-corrected chi connectivity index (χ3v) is 3.82. The van der Waals surface area contributed by atoms with Gasteiger partial charge in [-0.05, 0) is 7.05 Å². The summed E-state index contributed by atoms with van der Waals surface area (Å²) in [6, 6.07) is 0. The van der Waals surface area contributed by atoms with Crippen molar-refractivity contribution >= 4 is 41.4 Å². The van der Waals surface area contributed by atoms with Gasteiger partial charge in [0.1, 0.15) is 5.69 Å². The largest absolute Gasteiger partial charge is 0.369 e. The third-order valence-electron chi connectivity index (χ3n) is 2.44. The number of amides is 1. The Bertz CT molecular complexity index is 496. The van der Waals surface area contributed by atoms with E-state index in [9.17, 15) is 9.59 Å². The minimum atomic E-state index is -0.419. The van der Waals surface area contributed by atoms with Gasteiger partial charge in [0.05, 0.1) is 5.69 Å². The van der Waals surface area contributed by atoms with Crippen molar-refractivity contribution in [3.05, 3.63) is 16.0 Å². The van der Waals surface area contributed by atoms with Crippen LogP contribution in [0, 0.1) is 0 Å². The number of H-pyrrole nitrogens is 1. The fourth-order valence-corrected chi connectivity index (χ4v) is 2.62. The Balaban J connectivity index is 2.95. The first-order valence-corrected chi connectivity index (χ1v) is 7.71. The first-order chi connectivity index (χ1) is 9.63. The summed E-state index contributed by atoms with van der Waals surface area (Å²) in [7, 11) is 1.73. The summed E-state index contributed by atoms with van der Waals surface area (Å²) in [5, 5.41) is 2.90. The Morgan fingerprint density at radius 3 is 2.90 bits per heavy atom. The van der Waals surface area contributed by atoms with Crippen molar-refractivity contribution in [2.24, 2.45) is 0 Å². The molecule has 112 valence electrons. The quantitative estimate of drug-likeness (QED) is 0.336. The maximum Gasteiger partial charge on any atom is 0.276 e. The number of hydrogen-bond acceptors (Lipinski definition) is 6. The normalized spacial score (nSPS) is 10.5. The number of aromatic nitrogens is 2. The number of carbonyl (C=O) groups excluding carboxylic acids is 1. The SMILES string of the molecule is CNCc1nc(N)[nH]c(=O)c1N(C=O)CCSCCCl. The van der Waals surface area contributed by atoms with Gasteiger partial charge in [0.25, 0.3) is 5.56 Å². The van der Waals surface area contributed by atoms with Gasteiger partial charge >= 0.3 is 0 Å². The predicted octanol–water partition coefficient (Wildman–Crippen LogP) is 0.00630. The fourth-order valence-electron chi connectivity index (χ4n) is 1.66. The molecule has 0 fully saturated rings. The highest BCUT2D eigenvalue weighted by Crippen LogP contribution is 2.14. The number of alkyl halides is 1. The lowest BCUT2D eigenvalue weighted by Crippen LogP contribution is -2.33. The number of thioether (sulfide) groups is 1. The van der Waals surface area contributed by atoms with E-state index in [2.05, 4.69) is 15.3 Å². The van der Waals surface area contributed by atoms with Crippen LogP contribution < -0.4 is 21.5 Å². The molecule has 0 unspecified atom stereocenters. The number of hydrogen-bond donors (Lipinski definition) is 3. The highest BCUT2D eigenvalue weighted by molar-refractivity contribution is 7.99. The first-order valence-electron chi connectivity index (χ1n) is 6.03. The lowest BCUT2D eigenvalue weighted by molar-refractivity contribution is -0.107. The van der Waals surface area contributed by atoms with Crippen molar-refractivity contribution in [2.75, 3.05) is 41.6 Å². The Hall–Kier alpha value is -1.25. The van der Waals surface area contributed by atoms with Gasteiger partial charge in [0.2, 0.25) is 12.4 Å². The molecule has 0 aliphatic heterocycles. The molecule has 1 rings (SSSR count). The monoisotopic (exact) mass is 319 g/mol. The summed E-state index contributed by atoms with van der Waals surface area (Å²) in [5.74, 6) is 2.08. The van der Waals surface area contributed by atoms with E-state index in [0.29, 0.717) is 36.8 Å². The zero-order valence-corrected chi connectivity index (χ0v) is 12.8. The summed E-state index contributed by atoms with van der Waals surface area (Å²) < 4.78 is 0. The number of nitrogens with two attached hydrogens (primary N) is 1. The molecule has 0 aromatic carbocycles. The van der Waals surface area contributed by atoms with Gasteiger partial charge in [0, 0.05) is 30.5 Å². The van der Waals surface area contributed by atoms with Gasteiger partial charge in [-0.2, -0.15) is 11.8 Å². The van der Waals surface area contributed by atoms with Crippen LogP contribution in [0.3, 0.4) is 0 Å². The molecule has 0 spiro atoms. The molecule has 0 bridgehead atoms. The van der Waals surface area contributed by atoms with Crippen molar-refractivity contribution in [1.29, 1.82) is 0 Å². The molecule has 1 heterocycles. The Morgan fingerprint density at radius 1 is 1.55 bits per heavy atom. The second kappa shape index (κ2) is 8.83. The molecule has 1 aromatic heterocycles. The molecular formula is C11H18ClN5O2S.